The highest BCUT2D eigenvalue weighted by Crippen LogP contribution is 2.27. The summed E-state index contributed by atoms with van der Waals surface area (Å²) in [6.07, 6.45) is 4.82. The van der Waals surface area contributed by atoms with Crippen molar-refractivity contribution < 1.29 is 9.59 Å². The molecule has 8 nitrogen and oxygen atoms in total. The Morgan fingerprint density at radius 1 is 1.12 bits per heavy atom. The molecule has 2 aromatic heterocycles. The Labute approximate surface area is 204 Å². The van der Waals surface area contributed by atoms with Crippen LogP contribution in [0.25, 0.3) is 11.4 Å². The van der Waals surface area contributed by atoms with Gasteiger partial charge in [0.15, 0.2) is 11.0 Å². The van der Waals surface area contributed by atoms with Crippen molar-refractivity contribution in [2.75, 3.05) is 18.8 Å². The second kappa shape index (κ2) is 11.3. The minimum Gasteiger partial charge on any atom is -0.352 e. The van der Waals surface area contributed by atoms with Gasteiger partial charge in [-0.2, -0.15) is 0 Å². The molecule has 3 heterocycles. The number of aromatic nitrogens is 4. The molecule has 4 rings (SSSR count). The molecule has 0 atom stereocenters. The first-order chi connectivity index (χ1) is 16.6. The molecule has 1 fully saturated rings. The molecular weight excluding hydrogens is 448 g/mol. The summed E-state index contributed by atoms with van der Waals surface area (Å²) < 4.78 is 2.05. The van der Waals surface area contributed by atoms with Crippen molar-refractivity contribution in [3.05, 3.63) is 59.9 Å². The summed E-state index contributed by atoms with van der Waals surface area (Å²) in [4.78, 5) is 31.3. The van der Waals surface area contributed by atoms with Gasteiger partial charge in [0.2, 0.25) is 11.8 Å². The number of nitrogens with zero attached hydrogens (tertiary/aromatic N) is 5. The number of nitrogens with one attached hydrogen (secondary N) is 1. The molecule has 1 saturated heterocycles. The number of carbonyl (C=O) groups excluding carboxylic acids is 2. The Kier molecular flexibility index (Phi) is 7.95. The molecule has 178 valence electrons. The van der Waals surface area contributed by atoms with Crippen LogP contribution in [0.3, 0.4) is 0 Å². The molecule has 2 amide bonds. The van der Waals surface area contributed by atoms with Gasteiger partial charge in [-0.05, 0) is 43.9 Å². The highest BCUT2D eigenvalue weighted by Gasteiger charge is 2.27. The molecule has 1 aromatic carbocycles. The van der Waals surface area contributed by atoms with Gasteiger partial charge in [-0.15, -0.1) is 10.2 Å². The summed E-state index contributed by atoms with van der Waals surface area (Å²) in [6.45, 7) is 6.51. The van der Waals surface area contributed by atoms with E-state index in [1.165, 1.54) is 11.8 Å². The van der Waals surface area contributed by atoms with E-state index < -0.39 is 0 Å². The van der Waals surface area contributed by atoms with Crippen LogP contribution < -0.4 is 5.32 Å². The standard InChI is InChI=1S/C25H30N6O2S/c1-3-31-23(21-9-5-4-7-18(21)2)28-29-25(31)34-17-22(32)30-13-10-20(11-14-30)24(33)27-16-19-8-6-12-26-15-19/h4-9,12,15,20H,3,10-11,13-14,16-17H2,1-2H3,(H,27,33). The van der Waals surface area contributed by atoms with E-state index in [2.05, 4.69) is 45.0 Å². The van der Waals surface area contributed by atoms with Crippen molar-refractivity contribution in [2.45, 2.75) is 44.9 Å². The third-order valence-corrected chi connectivity index (χ3v) is 7.10. The largest absolute Gasteiger partial charge is 0.352 e. The van der Waals surface area contributed by atoms with Gasteiger partial charge in [-0.25, -0.2) is 0 Å². The first-order valence-electron chi connectivity index (χ1n) is 11.6. The number of aryl methyl sites for hydroxylation is 1. The maximum absolute atomic E-state index is 12.8. The minimum absolute atomic E-state index is 0.0464. The molecule has 1 aliphatic heterocycles. The summed E-state index contributed by atoms with van der Waals surface area (Å²) in [7, 11) is 0. The number of carbonyl (C=O) groups is 2. The maximum Gasteiger partial charge on any atom is 0.233 e. The summed E-state index contributed by atoms with van der Waals surface area (Å²) in [5, 5.41) is 12.5. The fourth-order valence-corrected chi connectivity index (χ4v) is 5.05. The first kappa shape index (κ1) is 23.9. The molecule has 0 unspecified atom stereocenters. The number of amides is 2. The number of piperidine rings is 1. The second-order valence-corrected chi connectivity index (χ2v) is 9.33. The average Bonchev–Trinajstić information content (AvgIpc) is 3.29. The van der Waals surface area contributed by atoms with Gasteiger partial charge in [0, 0.05) is 50.1 Å². The number of pyridine rings is 1. The van der Waals surface area contributed by atoms with Crippen LogP contribution in [0.2, 0.25) is 0 Å². The van der Waals surface area contributed by atoms with Crippen molar-refractivity contribution in [1.82, 2.24) is 30.0 Å². The topological polar surface area (TPSA) is 93.0 Å². The summed E-state index contributed by atoms with van der Waals surface area (Å²) in [5.41, 5.74) is 3.18. The molecule has 0 radical (unpaired) electrons. The molecule has 0 bridgehead atoms. The third-order valence-electron chi connectivity index (χ3n) is 6.15. The smallest absolute Gasteiger partial charge is 0.233 e. The Bertz CT molecular complexity index is 1130. The van der Waals surface area contributed by atoms with Crippen LogP contribution in [-0.4, -0.2) is 55.3 Å². The molecule has 0 aliphatic carbocycles. The summed E-state index contributed by atoms with van der Waals surface area (Å²) in [6, 6.07) is 11.9. The lowest BCUT2D eigenvalue weighted by atomic mass is 9.96. The van der Waals surface area contributed by atoms with Crippen LogP contribution in [0.15, 0.2) is 53.9 Å². The average molecular weight is 479 g/mol. The molecule has 0 saturated carbocycles. The van der Waals surface area contributed by atoms with E-state index in [4.69, 9.17) is 0 Å². The van der Waals surface area contributed by atoms with E-state index in [1.54, 1.807) is 12.4 Å². The van der Waals surface area contributed by atoms with Gasteiger partial charge in [0.25, 0.3) is 0 Å². The zero-order valence-corrected chi connectivity index (χ0v) is 20.4. The SMILES string of the molecule is CCn1c(SCC(=O)N2CCC(C(=O)NCc3cccnc3)CC2)nnc1-c1ccccc1C. The fourth-order valence-electron chi connectivity index (χ4n) is 4.15. The predicted molar refractivity (Wildman–Crippen MR) is 132 cm³/mol. The van der Waals surface area contributed by atoms with Gasteiger partial charge < -0.3 is 14.8 Å². The van der Waals surface area contributed by atoms with Crippen molar-refractivity contribution >= 4 is 23.6 Å². The summed E-state index contributed by atoms with van der Waals surface area (Å²) in [5.74, 6) is 1.19. The monoisotopic (exact) mass is 478 g/mol. The highest BCUT2D eigenvalue weighted by molar-refractivity contribution is 7.99. The Hall–Kier alpha value is -3.20. The Morgan fingerprint density at radius 3 is 2.62 bits per heavy atom. The molecule has 3 aromatic rings. The van der Waals surface area contributed by atoms with Gasteiger partial charge in [0.1, 0.15) is 0 Å². The molecule has 34 heavy (non-hydrogen) atoms. The third kappa shape index (κ3) is 5.64. The van der Waals surface area contributed by atoms with E-state index >= 15 is 0 Å². The number of hydrogen-bond acceptors (Lipinski definition) is 6. The van der Waals surface area contributed by atoms with Gasteiger partial charge in [-0.1, -0.05) is 42.1 Å². The lowest BCUT2D eigenvalue weighted by Gasteiger charge is -2.31. The van der Waals surface area contributed by atoms with Gasteiger partial charge in [-0.3, -0.25) is 14.6 Å². The van der Waals surface area contributed by atoms with Crippen molar-refractivity contribution in [2.24, 2.45) is 5.92 Å². The predicted octanol–water partition coefficient (Wildman–Crippen LogP) is 3.32. The number of thioether (sulfide) groups is 1. The zero-order valence-electron chi connectivity index (χ0n) is 19.6. The van der Waals surface area contributed by atoms with E-state index in [-0.39, 0.29) is 17.7 Å². The van der Waals surface area contributed by atoms with Crippen molar-refractivity contribution in [1.29, 1.82) is 0 Å². The lowest BCUT2D eigenvalue weighted by molar-refractivity contribution is -0.133. The Balaban J connectivity index is 1.27. The van der Waals surface area contributed by atoms with Crippen LogP contribution in [0.5, 0.6) is 0 Å². The van der Waals surface area contributed by atoms with Crippen LogP contribution in [-0.2, 0) is 22.7 Å². The second-order valence-electron chi connectivity index (χ2n) is 8.39. The molecule has 1 aliphatic rings. The maximum atomic E-state index is 12.8. The molecule has 1 N–H and O–H groups in total. The molecule has 0 spiro atoms. The minimum atomic E-state index is -0.0618. The quantitative estimate of drug-likeness (QED) is 0.500. The van der Waals surface area contributed by atoms with Crippen molar-refractivity contribution in [3.63, 3.8) is 0 Å². The number of benzene rings is 1. The van der Waals surface area contributed by atoms with Gasteiger partial charge >= 0.3 is 0 Å². The first-order valence-corrected chi connectivity index (χ1v) is 12.6. The molecule has 9 heteroatoms. The van der Waals surface area contributed by atoms with Crippen LogP contribution in [0.1, 0.15) is 30.9 Å². The van der Waals surface area contributed by atoms with Crippen LogP contribution in [0, 0.1) is 12.8 Å². The van der Waals surface area contributed by atoms with Gasteiger partial charge in [0.05, 0.1) is 5.75 Å². The van der Waals surface area contributed by atoms with Crippen LogP contribution >= 0.6 is 11.8 Å². The van der Waals surface area contributed by atoms with E-state index in [1.807, 2.05) is 35.2 Å². The van der Waals surface area contributed by atoms with E-state index in [0.717, 1.165) is 34.2 Å². The Morgan fingerprint density at radius 2 is 1.91 bits per heavy atom. The van der Waals surface area contributed by atoms with E-state index in [0.29, 0.717) is 38.2 Å². The van der Waals surface area contributed by atoms with E-state index in [9.17, 15) is 9.59 Å². The lowest BCUT2D eigenvalue weighted by Crippen LogP contribution is -2.43. The molecular formula is C25H30N6O2S. The van der Waals surface area contributed by atoms with Crippen molar-refractivity contribution in [3.8, 4) is 11.4 Å². The zero-order chi connectivity index (χ0) is 23.9. The normalized spacial score (nSPS) is 14.2. The summed E-state index contributed by atoms with van der Waals surface area (Å²) >= 11 is 1.42. The fraction of sp³-hybridized carbons (Fsp3) is 0.400. The highest BCUT2D eigenvalue weighted by atomic mass is 32.2. The number of hydrogen-bond donors (Lipinski definition) is 1. The van der Waals surface area contributed by atoms with Crippen LogP contribution in [0.4, 0.5) is 0 Å². The number of rotatable bonds is 8. The number of likely N-dealkylation sites (tertiary alicyclic amines) is 1.